The summed E-state index contributed by atoms with van der Waals surface area (Å²) in [5.74, 6) is 0.706. The molecule has 0 spiro atoms. The second-order valence-corrected chi connectivity index (χ2v) is 6.84. The first-order valence-corrected chi connectivity index (χ1v) is 8.39. The molecular weight excluding hydrogens is 322 g/mol. The number of hydrogen-bond donors (Lipinski definition) is 0. The Hall–Kier alpha value is -2.20. The first-order chi connectivity index (χ1) is 11.5. The van der Waals surface area contributed by atoms with Gasteiger partial charge in [-0.15, -0.1) is 6.58 Å². The molecule has 1 aliphatic rings. The van der Waals surface area contributed by atoms with E-state index in [1.165, 1.54) is 6.33 Å². The number of hydrogen-bond acceptors (Lipinski definition) is 3. The summed E-state index contributed by atoms with van der Waals surface area (Å²) in [6, 6.07) is 9.40. The summed E-state index contributed by atoms with van der Waals surface area (Å²) in [6.07, 6.45) is 7.28. The lowest BCUT2D eigenvalue weighted by atomic mass is 9.75. The lowest BCUT2D eigenvalue weighted by Crippen LogP contribution is -2.49. The van der Waals surface area contributed by atoms with Gasteiger partial charge in [0.25, 0.3) is 0 Å². The molecule has 1 saturated heterocycles. The predicted octanol–water partition coefficient (Wildman–Crippen LogP) is 4.58. The molecule has 1 aromatic carbocycles. The van der Waals surface area contributed by atoms with Crippen molar-refractivity contribution in [2.45, 2.75) is 32.2 Å². The van der Waals surface area contributed by atoms with E-state index in [9.17, 15) is 4.79 Å². The molecule has 1 aliphatic heterocycles. The number of amides is 1. The van der Waals surface area contributed by atoms with Crippen LogP contribution in [0.1, 0.15) is 37.8 Å². The average molecular weight is 342 g/mol. The van der Waals surface area contributed by atoms with Gasteiger partial charge in [-0.05, 0) is 43.0 Å². The van der Waals surface area contributed by atoms with E-state index in [1.807, 2.05) is 37.3 Å². The zero-order chi connectivity index (χ0) is 17.2. The van der Waals surface area contributed by atoms with Crippen molar-refractivity contribution in [2.75, 3.05) is 4.90 Å². The number of carbonyl (C=O) groups is 1. The molecule has 1 unspecified atom stereocenters. The van der Waals surface area contributed by atoms with Gasteiger partial charge >= 0.3 is 0 Å². The molecule has 0 aliphatic carbocycles. The average Bonchev–Trinajstić information content (AvgIpc) is 2.59. The van der Waals surface area contributed by atoms with Crippen molar-refractivity contribution in [1.82, 2.24) is 9.97 Å². The third-order valence-electron chi connectivity index (χ3n) is 4.68. The first kappa shape index (κ1) is 16.7. The molecule has 1 amide bonds. The van der Waals surface area contributed by atoms with Crippen LogP contribution in [0.4, 0.5) is 5.82 Å². The minimum Gasteiger partial charge on any atom is -0.289 e. The normalized spacial score (nSPS) is 24.0. The number of piperidine rings is 1. The van der Waals surface area contributed by atoms with Gasteiger partial charge in [0.2, 0.25) is 5.91 Å². The third kappa shape index (κ3) is 3.06. The van der Waals surface area contributed by atoms with E-state index >= 15 is 0 Å². The van der Waals surface area contributed by atoms with Gasteiger partial charge in [0.15, 0.2) is 0 Å². The summed E-state index contributed by atoms with van der Waals surface area (Å²) in [6.45, 7) is 5.81. The van der Waals surface area contributed by atoms with E-state index in [0.717, 1.165) is 18.4 Å². The van der Waals surface area contributed by atoms with Crippen molar-refractivity contribution in [1.29, 1.82) is 0 Å². The zero-order valence-electron chi connectivity index (χ0n) is 13.7. The van der Waals surface area contributed by atoms with Crippen LogP contribution in [0.15, 0.2) is 55.5 Å². The van der Waals surface area contributed by atoms with Gasteiger partial charge in [-0.3, -0.25) is 9.69 Å². The van der Waals surface area contributed by atoms with Crippen LogP contribution >= 0.6 is 11.6 Å². The molecule has 2 atom stereocenters. The molecule has 2 aromatic rings. The van der Waals surface area contributed by atoms with Crippen LogP contribution < -0.4 is 4.90 Å². The van der Waals surface area contributed by atoms with E-state index in [0.29, 0.717) is 17.3 Å². The highest BCUT2D eigenvalue weighted by Crippen LogP contribution is 2.44. The fourth-order valence-corrected chi connectivity index (χ4v) is 3.45. The van der Waals surface area contributed by atoms with Crippen LogP contribution in [-0.2, 0) is 4.79 Å². The quantitative estimate of drug-likeness (QED) is 0.764. The van der Waals surface area contributed by atoms with E-state index < -0.39 is 5.41 Å². The minimum atomic E-state index is -0.449. The van der Waals surface area contributed by atoms with Crippen molar-refractivity contribution in [3.8, 4) is 0 Å². The molecule has 4 nitrogen and oxygen atoms in total. The van der Waals surface area contributed by atoms with Gasteiger partial charge < -0.3 is 0 Å². The van der Waals surface area contributed by atoms with Crippen molar-refractivity contribution in [3.05, 3.63) is 66.1 Å². The van der Waals surface area contributed by atoms with Crippen molar-refractivity contribution in [3.63, 3.8) is 0 Å². The van der Waals surface area contributed by atoms with Gasteiger partial charge in [-0.2, -0.15) is 0 Å². The number of rotatable bonds is 4. The maximum Gasteiger partial charge on any atom is 0.234 e. The SMILES string of the molecule is C=CC[C@@]1(C)CCC(c2ccc(Cl)cc2)N(c2ccncn2)C1=O. The van der Waals surface area contributed by atoms with Crippen LogP contribution in [0, 0.1) is 5.41 Å². The van der Waals surface area contributed by atoms with E-state index in [-0.39, 0.29) is 11.9 Å². The first-order valence-electron chi connectivity index (χ1n) is 8.01. The molecule has 1 fully saturated rings. The van der Waals surface area contributed by atoms with E-state index in [1.54, 1.807) is 17.2 Å². The molecule has 124 valence electrons. The predicted molar refractivity (Wildman–Crippen MR) is 95.9 cm³/mol. The summed E-state index contributed by atoms with van der Waals surface area (Å²) in [7, 11) is 0. The molecule has 5 heteroatoms. The molecule has 0 radical (unpaired) electrons. The number of nitrogens with zero attached hydrogens (tertiary/aromatic N) is 3. The lowest BCUT2D eigenvalue weighted by Gasteiger charge is -2.43. The summed E-state index contributed by atoms with van der Waals surface area (Å²) in [5.41, 5.74) is 0.613. The molecule has 1 aromatic heterocycles. The maximum atomic E-state index is 13.3. The Kier molecular flexibility index (Phi) is 4.67. The van der Waals surface area contributed by atoms with Crippen molar-refractivity contribution in [2.24, 2.45) is 5.41 Å². The Morgan fingerprint density at radius 3 is 2.75 bits per heavy atom. The molecule has 0 saturated carbocycles. The second-order valence-electron chi connectivity index (χ2n) is 6.40. The van der Waals surface area contributed by atoms with Gasteiger partial charge in [0.1, 0.15) is 12.1 Å². The van der Waals surface area contributed by atoms with Gasteiger partial charge in [0, 0.05) is 11.2 Å². The molecular formula is C19H20ClN3O. The van der Waals surface area contributed by atoms with Crippen LogP contribution in [0.25, 0.3) is 0 Å². The van der Waals surface area contributed by atoms with E-state index in [4.69, 9.17) is 11.6 Å². The molecule has 0 N–H and O–H groups in total. The highest BCUT2D eigenvalue weighted by Gasteiger charge is 2.44. The highest BCUT2D eigenvalue weighted by molar-refractivity contribution is 6.30. The number of benzene rings is 1. The summed E-state index contributed by atoms with van der Waals surface area (Å²) >= 11 is 6.01. The Morgan fingerprint density at radius 1 is 1.38 bits per heavy atom. The van der Waals surface area contributed by atoms with Gasteiger partial charge in [0.05, 0.1) is 11.5 Å². The monoisotopic (exact) mass is 341 g/mol. The van der Waals surface area contributed by atoms with Gasteiger partial charge in [-0.25, -0.2) is 9.97 Å². The lowest BCUT2D eigenvalue weighted by molar-refractivity contribution is -0.130. The van der Waals surface area contributed by atoms with Crippen molar-refractivity contribution >= 4 is 23.3 Å². The van der Waals surface area contributed by atoms with Crippen LogP contribution in [0.5, 0.6) is 0 Å². The standard InChI is InChI=1S/C19H20ClN3O/c1-3-10-19(2)11-8-16(14-4-6-15(20)7-5-14)23(18(19)24)17-9-12-21-13-22-17/h3-7,9,12-13,16H,1,8,10-11H2,2H3/t16?,19-/m0/s1. The molecule has 24 heavy (non-hydrogen) atoms. The number of aromatic nitrogens is 2. The Bertz CT molecular complexity index is 732. The van der Waals surface area contributed by atoms with Gasteiger partial charge in [-0.1, -0.05) is 36.7 Å². The summed E-state index contributed by atoms with van der Waals surface area (Å²) < 4.78 is 0. The summed E-state index contributed by atoms with van der Waals surface area (Å²) in [4.78, 5) is 23.4. The molecule has 2 heterocycles. The minimum absolute atomic E-state index is 0.0532. The smallest absolute Gasteiger partial charge is 0.234 e. The van der Waals surface area contributed by atoms with Crippen LogP contribution in [0.2, 0.25) is 5.02 Å². The Morgan fingerprint density at radius 2 is 2.12 bits per heavy atom. The molecule has 3 rings (SSSR count). The number of allylic oxidation sites excluding steroid dienone is 1. The highest BCUT2D eigenvalue weighted by atomic mass is 35.5. The number of carbonyl (C=O) groups excluding carboxylic acids is 1. The number of anilines is 1. The largest absolute Gasteiger partial charge is 0.289 e. The fraction of sp³-hybridized carbons (Fsp3) is 0.316. The van der Waals surface area contributed by atoms with Crippen LogP contribution in [0.3, 0.4) is 0 Å². The summed E-state index contributed by atoms with van der Waals surface area (Å²) in [5, 5.41) is 0.686. The Labute approximate surface area is 147 Å². The maximum absolute atomic E-state index is 13.3. The Balaban J connectivity index is 2.03. The van der Waals surface area contributed by atoms with E-state index in [2.05, 4.69) is 16.5 Å². The van der Waals surface area contributed by atoms with Crippen LogP contribution in [-0.4, -0.2) is 15.9 Å². The topological polar surface area (TPSA) is 46.1 Å². The molecule has 0 bridgehead atoms. The second kappa shape index (κ2) is 6.73. The van der Waals surface area contributed by atoms with Crippen molar-refractivity contribution < 1.29 is 4.79 Å². The third-order valence-corrected chi connectivity index (χ3v) is 4.93. The number of halogens is 1. The zero-order valence-corrected chi connectivity index (χ0v) is 14.4. The fourth-order valence-electron chi connectivity index (χ4n) is 3.32.